The molecular formula is C12H18N2O5S. The van der Waals surface area contributed by atoms with Crippen molar-refractivity contribution in [3.63, 3.8) is 0 Å². The Morgan fingerprint density at radius 2 is 2.05 bits per heavy atom. The second kappa shape index (κ2) is 7.09. The number of aromatic nitrogens is 1. The number of methoxy groups -OCH3 is 1. The first-order valence-electron chi connectivity index (χ1n) is 6.07. The molecule has 0 saturated carbocycles. The van der Waals surface area contributed by atoms with Crippen molar-refractivity contribution in [1.29, 1.82) is 0 Å². The summed E-state index contributed by atoms with van der Waals surface area (Å²) in [5, 5.41) is 0. The van der Waals surface area contributed by atoms with Gasteiger partial charge in [0.05, 0.1) is 25.0 Å². The molecule has 8 heteroatoms. The molecule has 0 aromatic carbocycles. The lowest BCUT2D eigenvalue weighted by atomic mass is 10.4. The van der Waals surface area contributed by atoms with Gasteiger partial charge in [-0.1, -0.05) is 0 Å². The van der Waals surface area contributed by atoms with E-state index in [2.05, 4.69) is 4.74 Å². The molecule has 0 radical (unpaired) electrons. The Morgan fingerprint density at radius 3 is 2.70 bits per heavy atom. The van der Waals surface area contributed by atoms with Crippen LogP contribution in [0.2, 0.25) is 0 Å². The molecule has 0 aliphatic heterocycles. The molecule has 0 aliphatic rings. The zero-order valence-corrected chi connectivity index (χ0v) is 12.1. The summed E-state index contributed by atoms with van der Waals surface area (Å²) in [4.78, 5) is 22.4. The van der Waals surface area contributed by atoms with E-state index in [-0.39, 0.29) is 36.5 Å². The van der Waals surface area contributed by atoms with Gasteiger partial charge in [0.25, 0.3) is 5.56 Å². The van der Waals surface area contributed by atoms with Crippen molar-refractivity contribution in [2.75, 3.05) is 24.3 Å². The van der Waals surface area contributed by atoms with E-state index >= 15 is 0 Å². The van der Waals surface area contributed by atoms with Gasteiger partial charge >= 0.3 is 5.97 Å². The molecule has 1 rings (SSSR count). The van der Waals surface area contributed by atoms with E-state index in [1.807, 2.05) is 0 Å². The van der Waals surface area contributed by atoms with Crippen LogP contribution < -0.4 is 11.3 Å². The van der Waals surface area contributed by atoms with E-state index in [4.69, 9.17) is 5.73 Å². The summed E-state index contributed by atoms with van der Waals surface area (Å²) in [5.41, 5.74) is 5.76. The molecule has 0 spiro atoms. The van der Waals surface area contributed by atoms with Crippen LogP contribution in [0.4, 0.5) is 5.69 Å². The Balaban J connectivity index is 2.49. The van der Waals surface area contributed by atoms with E-state index in [0.29, 0.717) is 5.69 Å². The number of hydrogen-bond donors (Lipinski definition) is 1. The van der Waals surface area contributed by atoms with Crippen molar-refractivity contribution < 1.29 is 17.9 Å². The largest absolute Gasteiger partial charge is 0.469 e. The third-order valence-corrected chi connectivity index (χ3v) is 4.44. The minimum atomic E-state index is -3.33. The van der Waals surface area contributed by atoms with Crippen LogP contribution in [0.15, 0.2) is 23.1 Å². The molecule has 0 atom stereocenters. The Bertz CT molecular complexity index is 621. The second-order valence-electron chi connectivity index (χ2n) is 4.33. The van der Waals surface area contributed by atoms with Crippen LogP contribution >= 0.6 is 0 Å². The number of rotatable bonds is 7. The van der Waals surface area contributed by atoms with Crippen LogP contribution in [0, 0.1) is 0 Å². The zero-order valence-electron chi connectivity index (χ0n) is 11.2. The molecule has 0 bridgehead atoms. The van der Waals surface area contributed by atoms with Gasteiger partial charge in [0, 0.05) is 24.5 Å². The van der Waals surface area contributed by atoms with E-state index in [9.17, 15) is 18.0 Å². The van der Waals surface area contributed by atoms with E-state index in [1.165, 1.54) is 30.0 Å². The minimum absolute atomic E-state index is 0.0920. The smallest absolute Gasteiger partial charge is 0.306 e. The average Bonchev–Trinajstić information content (AvgIpc) is 2.40. The number of sulfone groups is 1. The molecule has 20 heavy (non-hydrogen) atoms. The number of nitrogen functional groups attached to an aromatic ring is 1. The molecule has 0 saturated heterocycles. The fraction of sp³-hybridized carbons (Fsp3) is 0.500. The van der Waals surface area contributed by atoms with Crippen molar-refractivity contribution in [1.82, 2.24) is 4.57 Å². The van der Waals surface area contributed by atoms with Crippen LogP contribution in [0.25, 0.3) is 0 Å². The van der Waals surface area contributed by atoms with Crippen LogP contribution in [0.1, 0.15) is 12.8 Å². The molecule has 2 N–H and O–H groups in total. The van der Waals surface area contributed by atoms with Crippen LogP contribution in [-0.4, -0.2) is 37.6 Å². The molecule has 0 amide bonds. The van der Waals surface area contributed by atoms with Gasteiger partial charge in [0.2, 0.25) is 0 Å². The zero-order chi connectivity index (χ0) is 15.2. The summed E-state index contributed by atoms with van der Waals surface area (Å²) < 4.78 is 29.1. The summed E-state index contributed by atoms with van der Waals surface area (Å²) in [5.74, 6) is -0.892. The summed E-state index contributed by atoms with van der Waals surface area (Å²) in [6.45, 7) is 0.265. The molecule has 1 heterocycles. The van der Waals surface area contributed by atoms with Gasteiger partial charge in [-0.05, 0) is 12.5 Å². The molecule has 0 aliphatic carbocycles. The Hall–Kier alpha value is -1.83. The highest BCUT2D eigenvalue weighted by atomic mass is 32.2. The normalized spacial score (nSPS) is 11.2. The Labute approximate surface area is 117 Å². The first-order chi connectivity index (χ1) is 9.34. The van der Waals surface area contributed by atoms with Crippen molar-refractivity contribution in [2.24, 2.45) is 0 Å². The van der Waals surface area contributed by atoms with Gasteiger partial charge in [-0.25, -0.2) is 8.42 Å². The molecule has 1 aromatic rings. The number of ether oxygens (including phenoxy) is 1. The number of carbonyl (C=O) groups is 1. The van der Waals surface area contributed by atoms with Gasteiger partial charge in [-0.2, -0.15) is 0 Å². The fourth-order valence-electron chi connectivity index (χ4n) is 1.62. The topological polar surface area (TPSA) is 108 Å². The molecule has 1 aromatic heterocycles. The van der Waals surface area contributed by atoms with Crippen molar-refractivity contribution >= 4 is 21.5 Å². The maximum absolute atomic E-state index is 11.7. The van der Waals surface area contributed by atoms with Crippen LogP contribution in [0.3, 0.4) is 0 Å². The van der Waals surface area contributed by atoms with E-state index < -0.39 is 15.8 Å². The lowest BCUT2D eigenvalue weighted by Gasteiger charge is -2.07. The Morgan fingerprint density at radius 1 is 1.35 bits per heavy atom. The standard InChI is InChI=1S/C12H18N2O5S/c1-19-12(16)5-8-20(17,18)7-2-6-14-9-10(13)3-4-11(14)15/h3-4,9H,2,5-8,13H2,1H3. The number of esters is 1. The molecule has 0 fully saturated rings. The third-order valence-electron chi connectivity index (χ3n) is 2.71. The van der Waals surface area contributed by atoms with Crippen LogP contribution in [0.5, 0.6) is 0 Å². The van der Waals surface area contributed by atoms with Gasteiger partial charge in [0.15, 0.2) is 9.84 Å². The summed E-state index contributed by atoms with van der Waals surface area (Å²) in [7, 11) is -2.12. The van der Waals surface area contributed by atoms with Gasteiger partial charge in [0.1, 0.15) is 0 Å². The maximum atomic E-state index is 11.7. The number of carbonyl (C=O) groups excluding carboxylic acids is 1. The maximum Gasteiger partial charge on any atom is 0.306 e. The number of anilines is 1. The first-order valence-corrected chi connectivity index (χ1v) is 7.89. The monoisotopic (exact) mass is 302 g/mol. The lowest BCUT2D eigenvalue weighted by Crippen LogP contribution is -2.21. The first kappa shape index (κ1) is 16.2. The fourth-order valence-corrected chi connectivity index (χ4v) is 2.87. The SMILES string of the molecule is COC(=O)CCS(=O)(=O)CCCn1cc(N)ccc1=O. The summed E-state index contributed by atoms with van der Waals surface area (Å²) in [6.07, 6.45) is 1.60. The number of nitrogens with zero attached hydrogens (tertiary/aromatic N) is 1. The number of hydrogen-bond acceptors (Lipinski definition) is 6. The molecule has 0 unspecified atom stereocenters. The van der Waals surface area contributed by atoms with E-state index in [1.54, 1.807) is 0 Å². The van der Waals surface area contributed by atoms with Crippen molar-refractivity contribution in [3.05, 3.63) is 28.7 Å². The predicted octanol–water partition coefficient (Wildman–Crippen LogP) is -0.201. The van der Waals surface area contributed by atoms with Crippen molar-refractivity contribution in [3.8, 4) is 0 Å². The van der Waals surface area contributed by atoms with Crippen molar-refractivity contribution in [2.45, 2.75) is 19.4 Å². The third kappa shape index (κ3) is 5.43. The summed E-state index contributed by atoms with van der Waals surface area (Å²) in [6, 6.07) is 2.83. The predicted molar refractivity (Wildman–Crippen MR) is 75.0 cm³/mol. The quantitative estimate of drug-likeness (QED) is 0.699. The molecule has 7 nitrogen and oxygen atoms in total. The highest BCUT2D eigenvalue weighted by Crippen LogP contribution is 2.01. The molecular weight excluding hydrogens is 284 g/mol. The minimum Gasteiger partial charge on any atom is -0.469 e. The highest BCUT2D eigenvalue weighted by Gasteiger charge is 2.13. The second-order valence-corrected chi connectivity index (χ2v) is 6.63. The molecule has 112 valence electrons. The number of aryl methyl sites for hydroxylation is 1. The number of nitrogens with two attached hydrogens (primary N) is 1. The summed E-state index contributed by atoms with van der Waals surface area (Å²) >= 11 is 0. The van der Waals surface area contributed by atoms with Gasteiger partial charge < -0.3 is 15.0 Å². The van der Waals surface area contributed by atoms with Gasteiger partial charge in [-0.15, -0.1) is 0 Å². The number of pyridine rings is 1. The van der Waals surface area contributed by atoms with E-state index in [0.717, 1.165) is 0 Å². The average molecular weight is 302 g/mol. The highest BCUT2D eigenvalue weighted by molar-refractivity contribution is 7.91. The lowest BCUT2D eigenvalue weighted by molar-refractivity contribution is -0.140. The van der Waals surface area contributed by atoms with Crippen LogP contribution in [-0.2, 0) is 25.9 Å². The Kier molecular flexibility index (Phi) is 5.75. The van der Waals surface area contributed by atoms with Gasteiger partial charge in [-0.3, -0.25) is 9.59 Å².